The summed E-state index contributed by atoms with van der Waals surface area (Å²) in [7, 11) is 0. The Kier molecular flexibility index (Phi) is 4.04. The zero-order chi connectivity index (χ0) is 11.4. The molecule has 80 valence electrons. The smallest absolute Gasteiger partial charge is 0.150 e. The van der Waals surface area contributed by atoms with Gasteiger partial charge in [-0.05, 0) is 28.4 Å². The van der Waals surface area contributed by atoms with Crippen LogP contribution in [0, 0.1) is 23.0 Å². The van der Waals surface area contributed by atoms with E-state index in [1.807, 2.05) is 6.07 Å². The van der Waals surface area contributed by atoms with Crippen LogP contribution < -0.4 is 5.32 Å². The van der Waals surface area contributed by atoms with Gasteiger partial charge >= 0.3 is 0 Å². The third-order valence-corrected chi connectivity index (χ3v) is 2.51. The molecule has 0 aliphatic carbocycles. The van der Waals surface area contributed by atoms with Crippen molar-refractivity contribution in [1.29, 1.82) is 5.26 Å². The minimum Gasteiger partial charge on any atom is -0.367 e. The third kappa shape index (κ3) is 2.90. The first-order valence-corrected chi connectivity index (χ1v) is 5.18. The number of nitrogens with zero attached hydrogens (tertiary/aromatic N) is 1. The van der Waals surface area contributed by atoms with E-state index in [0.717, 1.165) is 12.1 Å². The predicted molar refractivity (Wildman–Crippen MR) is 57.4 cm³/mol. The zero-order valence-electron chi connectivity index (χ0n) is 8.02. The van der Waals surface area contributed by atoms with E-state index in [0.29, 0.717) is 6.42 Å². The Morgan fingerprint density at radius 2 is 2.20 bits per heavy atom. The van der Waals surface area contributed by atoms with Crippen molar-refractivity contribution in [2.24, 2.45) is 0 Å². The van der Waals surface area contributed by atoms with Crippen LogP contribution in [-0.4, -0.2) is 6.04 Å². The van der Waals surface area contributed by atoms with Gasteiger partial charge in [-0.15, -0.1) is 0 Å². The fourth-order valence-corrected chi connectivity index (χ4v) is 1.60. The highest BCUT2D eigenvalue weighted by molar-refractivity contribution is 9.10. The molecule has 0 amide bonds. The van der Waals surface area contributed by atoms with Crippen molar-refractivity contribution in [3.8, 4) is 6.07 Å². The largest absolute Gasteiger partial charge is 0.367 e. The van der Waals surface area contributed by atoms with Crippen molar-refractivity contribution < 1.29 is 8.78 Å². The average Bonchev–Trinajstić information content (AvgIpc) is 2.17. The summed E-state index contributed by atoms with van der Waals surface area (Å²) in [5, 5.41) is 11.4. The van der Waals surface area contributed by atoms with Crippen LogP contribution in [0.15, 0.2) is 16.6 Å². The van der Waals surface area contributed by atoms with Gasteiger partial charge in [0.25, 0.3) is 0 Å². The molecule has 1 atom stereocenters. The molecule has 1 unspecified atom stereocenters. The first-order valence-electron chi connectivity index (χ1n) is 4.39. The molecule has 1 rings (SSSR count). The minimum atomic E-state index is -0.712. The van der Waals surface area contributed by atoms with E-state index in [2.05, 4.69) is 21.2 Å². The van der Waals surface area contributed by atoms with Gasteiger partial charge in [0.1, 0.15) is 17.7 Å². The second kappa shape index (κ2) is 5.08. The van der Waals surface area contributed by atoms with Crippen LogP contribution in [0.2, 0.25) is 0 Å². The first-order chi connectivity index (χ1) is 7.08. The van der Waals surface area contributed by atoms with Crippen LogP contribution in [0.3, 0.4) is 0 Å². The Bertz CT molecular complexity index is 378. The van der Waals surface area contributed by atoms with E-state index in [4.69, 9.17) is 5.26 Å². The topological polar surface area (TPSA) is 35.8 Å². The highest BCUT2D eigenvalue weighted by atomic mass is 79.9. The van der Waals surface area contributed by atoms with Crippen molar-refractivity contribution >= 4 is 21.6 Å². The van der Waals surface area contributed by atoms with Crippen LogP contribution in [0.1, 0.15) is 13.3 Å². The van der Waals surface area contributed by atoms with Gasteiger partial charge in [0, 0.05) is 10.5 Å². The van der Waals surface area contributed by atoms with Crippen molar-refractivity contribution in [2.75, 3.05) is 5.32 Å². The molecule has 1 N–H and O–H groups in total. The van der Waals surface area contributed by atoms with Crippen LogP contribution in [0.4, 0.5) is 14.5 Å². The Morgan fingerprint density at radius 1 is 1.53 bits per heavy atom. The zero-order valence-corrected chi connectivity index (χ0v) is 9.61. The Labute approximate surface area is 95.0 Å². The number of rotatable bonds is 3. The maximum absolute atomic E-state index is 13.3. The standard InChI is InChI=1S/C10H9BrF2N2/c1-2-7(5-14)15-10-8(11)3-6(12)4-9(10)13/h3-4,7,15H,2H2,1H3. The van der Waals surface area contributed by atoms with E-state index in [9.17, 15) is 8.78 Å². The third-order valence-electron chi connectivity index (χ3n) is 1.89. The molecule has 1 aromatic rings. The van der Waals surface area contributed by atoms with Gasteiger partial charge < -0.3 is 5.32 Å². The molecule has 0 bridgehead atoms. The van der Waals surface area contributed by atoms with Gasteiger partial charge in [0.15, 0.2) is 0 Å². The van der Waals surface area contributed by atoms with Crippen molar-refractivity contribution in [2.45, 2.75) is 19.4 Å². The molecule has 0 aliphatic rings. The number of benzene rings is 1. The molecule has 2 nitrogen and oxygen atoms in total. The summed E-state index contributed by atoms with van der Waals surface area (Å²) in [6.07, 6.45) is 0.541. The number of nitriles is 1. The normalized spacial score (nSPS) is 11.9. The van der Waals surface area contributed by atoms with E-state index >= 15 is 0 Å². The highest BCUT2D eigenvalue weighted by Crippen LogP contribution is 2.27. The molecule has 5 heteroatoms. The Hall–Kier alpha value is -1.15. The van der Waals surface area contributed by atoms with Crippen molar-refractivity contribution in [3.63, 3.8) is 0 Å². The minimum absolute atomic E-state index is 0.116. The van der Waals surface area contributed by atoms with Gasteiger partial charge in [-0.3, -0.25) is 0 Å². The average molecular weight is 275 g/mol. The fraction of sp³-hybridized carbons (Fsp3) is 0.300. The first kappa shape index (κ1) is 11.9. The second-order valence-electron chi connectivity index (χ2n) is 2.98. The molecule has 0 spiro atoms. The predicted octanol–water partition coefficient (Wildman–Crippen LogP) is 3.44. The highest BCUT2D eigenvalue weighted by Gasteiger charge is 2.12. The lowest BCUT2D eigenvalue weighted by Crippen LogP contribution is -2.17. The van der Waals surface area contributed by atoms with E-state index in [1.54, 1.807) is 6.92 Å². The molecule has 15 heavy (non-hydrogen) atoms. The van der Waals surface area contributed by atoms with Crippen LogP contribution >= 0.6 is 15.9 Å². The molecule has 0 fully saturated rings. The van der Waals surface area contributed by atoms with E-state index in [1.165, 1.54) is 0 Å². The molecule has 0 aliphatic heterocycles. The van der Waals surface area contributed by atoms with Gasteiger partial charge in [0.05, 0.1) is 11.8 Å². The summed E-state index contributed by atoms with van der Waals surface area (Å²) in [6.45, 7) is 1.80. The maximum atomic E-state index is 13.3. The van der Waals surface area contributed by atoms with Crippen molar-refractivity contribution in [1.82, 2.24) is 0 Å². The molecular weight excluding hydrogens is 266 g/mol. The molecule has 1 aromatic carbocycles. The van der Waals surface area contributed by atoms with Crippen molar-refractivity contribution in [3.05, 3.63) is 28.2 Å². The number of hydrogen-bond acceptors (Lipinski definition) is 2. The Balaban J connectivity index is 3.00. The summed E-state index contributed by atoms with van der Waals surface area (Å²) in [4.78, 5) is 0. The van der Waals surface area contributed by atoms with Crippen LogP contribution in [-0.2, 0) is 0 Å². The number of anilines is 1. The van der Waals surface area contributed by atoms with E-state index in [-0.39, 0.29) is 10.2 Å². The summed E-state index contributed by atoms with van der Waals surface area (Å²) in [5.41, 5.74) is 0.116. The van der Waals surface area contributed by atoms with Gasteiger partial charge in [-0.2, -0.15) is 5.26 Å². The lowest BCUT2D eigenvalue weighted by Gasteiger charge is -2.13. The van der Waals surface area contributed by atoms with Crippen LogP contribution in [0.5, 0.6) is 0 Å². The summed E-state index contributed by atoms with van der Waals surface area (Å²) < 4.78 is 26.3. The molecule has 0 aromatic heterocycles. The number of hydrogen-bond donors (Lipinski definition) is 1. The lowest BCUT2D eigenvalue weighted by molar-refractivity contribution is 0.582. The molecule has 0 saturated heterocycles. The quantitative estimate of drug-likeness (QED) is 0.917. The molecular formula is C10H9BrF2N2. The van der Waals surface area contributed by atoms with Crippen LogP contribution in [0.25, 0.3) is 0 Å². The molecule has 0 saturated carbocycles. The number of halogens is 3. The summed E-state index contributed by atoms with van der Waals surface area (Å²) in [6, 6.07) is 3.42. The SMILES string of the molecule is CCC(C#N)Nc1c(F)cc(F)cc1Br. The monoisotopic (exact) mass is 274 g/mol. The fourth-order valence-electron chi connectivity index (χ4n) is 1.08. The summed E-state index contributed by atoms with van der Waals surface area (Å²) in [5.74, 6) is -1.37. The van der Waals surface area contributed by atoms with Gasteiger partial charge in [-0.1, -0.05) is 6.92 Å². The lowest BCUT2D eigenvalue weighted by atomic mass is 10.2. The number of nitrogens with one attached hydrogen (secondary N) is 1. The summed E-state index contributed by atoms with van der Waals surface area (Å²) >= 11 is 3.03. The van der Waals surface area contributed by atoms with E-state index < -0.39 is 17.7 Å². The second-order valence-corrected chi connectivity index (χ2v) is 3.83. The molecule has 0 heterocycles. The molecule has 0 radical (unpaired) electrons. The maximum Gasteiger partial charge on any atom is 0.150 e. The Morgan fingerprint density at radius 3 is 2.67 bits per heavy atom. The van der Waals surface area contributed by atoms with Gasteiger partial charge in [0.2, 0.25) is 0 Å². The van der Waals surface area contributed by atoms with Gasteiger partial charge in [-0.25, -0.2) is 8.78 Å².